The first-order valence-electron chi connectivity index (χ1n) is 5.41. The Morgan fingerprint density at radius 3 is 2.83 bits per heavy atom. The molecular formula is C11H14N6O. The maximum atomic E-state index is 11.0. The minimum absolute atomic E-state index is 0.142. The first-order chi connectivity index (χ1) is 8.58. The highest BCUT2D eigenvalue weighted by Crippen LogP contribution is 2.09. The van der Waals surface area contributed by atoms with E-state index < -0.39 is 5.91 Å². The van der Waals surface area contributed by atoms with Gasteiger partial charge in [-0.2, -0.15) is 5.10 Å². The van der Waals surface area contributed by atoms with Crippen molar-refractivity contribution in [2.75, 3.05) is 5.32 Å². The molecule has 2 aromatic rings. The van der Waals surface area contributed by atoms with Gasteiger partial charge in [-0.1, -0.05) is 0 Å². The van der Waals surface area contributed by atoms with E-state index in [4.69, 9.17) is 5.73 Å². The van der Waals surface area contributed by atoms with Crippen LogP contribution in [0.25, 0.3) is 0 Å². The van der Waals surface area contributed by atoms with Gasteiger partial charge in [-0.15, -0.1) is 0 Å². The molecule has 3 N–H and O–H groups in total. The number of rotatable bonds is 4. The number of amides is 1. The zero-order valence-electron chi connectivity index (χ0n) is 10.2. The quantitative estimate of drug-likeness (QED) is 0.804. The fourth-order valence-corrected chi connectivity index (χ4v) is 1.47. The Morgan fingerprint density at radius 1 is 1.44 bits per heavy atom. The summed E-state index contributed by atoms with van der Waals surface area (Å²) < 4.78 is 1.79. The monoisotopic (exact) mass is 246 g/mol. The van der Waals surface area contributed by atoms with E-state index in [0.717, 1.165) is 11.3 Å². The Morgan fingerprint density at radius 2 is 2.22 bits per heavy atom. The molecule has 2 aromatic heterocycles. The summed E-state index contributed by atoms with van der Waals surface area (Å²) in [5, 5.41) is 7.22. The summed E-state index contributed by atoms with van der Waals surface area (Å²) in [5.41, 5.74) is 7.41. The summed E-state index contributed by atoms with van der Waals surface area (Å²) >= 11 is 0. The molecule has 0 aliphatic carbocycles. The van der Waals surface area contributed by atoms with Gasteiger partial charge in [0, 0.05) is 24.8 Å². The van der Waals surface area contributed by atoms with Crippen LogP contribution in [0.4, 0.5) is 5.82 Å². The van der Waals surface area contributed by atoms with Crippen LogP contribution in [0.5, 0.6) is 0 Å². The lowest BCUT2D eigenvalue weighted by Crippen LogP contribution is -2.14. The van der Waals surface area contributed by atoms with E-state index in [2.05, 4.69) is 20.4 Å². The number of nitrogens with two attached hydrogens (primary N) is 1. The molecular weight excluding hydrogens is 232 g/mol. The summed E-state index contributed by atoms with van der Waals surface area (Å²) in [7, 11) is 1.88. The van der Waals surface area contributed by atoms with Crippen LogP contribution in [0.3, 0.4) is 0 Å². The van der Waals surface area contributed by atoms with Crippen LogP contribution in [-0.4, -0.2) is 25.7 Å². The Kier molecular flexibility index (Phi) is 3.22. The maximum absolute atomic E-state index is 11.0. The van der Waals surface area contributed by atoms with Gasteiger partial charge in [0.05, 0.1) is 18.6 Å². The third-order valence-electron chi connectivity index (χ3n) is 2.68. The summed E-state index contributed by atoms with van der Waals surface area (Å²) in [6.45, 7) is 2.55. The third-order valence-corrected chi connectivity index (χ3v) is 2.68. The summed E-state index contributed by atoms with van der Waals surface area (Å²) in [6.07, 6.45) is 4.66. The molecule has 18 heavy (non-hydrogen) atoms. The number of nitrogens with one attached hydrogen (secondary N) is 1. The second-order valence-corrected chi connectivity index (χ2v) is 3.89. The van der Waals surface area contributed by atoms with Crippen molar-refractivity contribution in [1.29, 1.82) is 0 Å². The molecule has 0 aliphatic heterocycles. The van der Waals surface area contributed by atoms with Crippen LogP contribution < -0.4 is 11.1 Å². The SMILES string of the molecule is Cc1c(CNc2cncc(C(N)=O)n2)cnn1C. The molecule has 2 heterocycles. The average Bonchev–Trinajstić information content (AvgIpc) is 2.68. The first kappa shape index (κ1) is 12.0. The van der Waals surface area contributed by atoms with Crippen molar-refractivity contribution < 1.29 is 4.79 Å². The minimum atomic E-state index is -0.594. The van der Waals surface area contributed by atoms with Crippen molar-refractivity contribution in [3.8, 4) is 0 Å². The lowest BCUT2D eigenvalue weighted by atomic mass is 10.2. The molecule has 0 atom stereocenters. The predicted molar refractivity (Wildman–Crippen MR) is 65.8 cm³/mol. The van der Waals surface area contributed by atoms with Gasteiger partial charge in [-0.25, -0.2) is 4.98 Å². The number of hydrogen-bond acceptors (Lipinski definition) is 5. The molecule has 7 nitrogen and oxygen atoms in total. The van der Waals surface area contributed by atoms with Crippen LogP contribution in [0.2, 0.25) is 0 Å². The van der Waals surface area contributed by atoms with Gasteiger partial charge in [-0.05, 0) is 6.92 Å². The minimum Gasteiger partial charge on any atom is -0.365 e. The highest BCUT2D eigenvalue weighted by molar-refractivity contribution is 5.90. The Bertz CT molecular complexity index is 577. The molecule has 0 aromatic carbocycles. The Hall–Kier alpha value is -2.44. The van der Waals surface area contributed by atoms with Crippen LogP contribution in [0.1, 0.15) is 21.7 Å². The molecule has 0 saturated carbocycles. The third kappa shape index (κ3) is 2.45. The molecule has 0 aliphatic rings. The van der Waals surface area contributed by atoms with E-state index in [9.17, 15) is 4.79 Å². The summed E-state index contributed by atoms with van der Waals surface area (Å²) in [5.74, 6) is -0.0849. The summed E-state index contributed by atoms with van der Waals surface area (Å²) in [4.78, 5) is 18.9. The van der Waals surface area contributed by atoms with E-state index in [-0.39, 0.29) is 5.69 Å². The van der Waals surface area contributed by atoms with E-state index in [1.54, 1.807) is 10.9 Å². The number of aryl methyl sites for hydroxylation is 1. The molecule has 94 valence electrons. The van der Waals surface area contributed by atoms with Crippen molar-refractivity contribution >= 4 is 11.7 Å². The van der Waals surface area contributed by atoms with Crippen LogP contribution in [0.15, 0.2) is 18.6 Å². The number of aromatic nitrogens is 4. The molecule has 7 heteroatoms. The number of hydrogen-bond donors (Lipinski definition) is 2. The van der Waals surface area contributed by atoms with E-state index in [1.165, 1.54) is 12.4 Å². The molecule has 0 spiro atoms. The maximum Gasteiger partial charge on any atom is 0.268 e. The molecule has 2 rings (SSSR count). The van der Waals surface area contributed by atoms with Crippen molar-refractivity contribution in [3.05, 3.63) is 35.5 Å². The second kappa shape index (κ2) is 4.82. The van der Waals surface area contributed by atoms with Crippen LogP contribution in [-0.2, 0) is 13.6 Å². The number of anilines is 1. The van der Waals surface area contributed by atoms with Gasteiger partial charge in [-0.3, -0.25) is 14.5 Å². The lowest BCUT2D eigenvalue weighted by Gasteiger charge is -2.05. The van der Waals surface area contributed by atoms with Gasteiger partial charge in [0.1, 0.15) is 11.5 Å². The number of carbonyl (C=O) groups is 1. The molecule has 1 amide bonds. The standard InChI is InChI=1S/C11H14N6O/c1-7-8(4-15-17(7)2)3-14-10-6-13-5-9(16-10)11(12)18/h4-6H,3H2,1-2H3,(H2,12,18)(H,14,16). The highest BCUT2D eigenvalue weighted by Gasteiger charge is 2.06. The molecule has 0 fully saturated rings. The fourth-order valence-electron chi connectivity index (χ4n) is 1.47. The Labute approximate surface area is 104 Å². The topological polar surface area (TPSA) is 98.7 Å². The van der Waals surface area contributed by atoms with Crippen LogP contribution >= 0.6 is 0 Å². The Balaban J connectivity index is 2.08. The van der Waals surface area contributed by atoms with Crippen molar-refractivity contribution in [2.45, 2.75) is 13.5 Å². The smallest absolute Gasteiger partial charge is 0.268 e. The van der Waals surface area contributed by atoms with E-state index in [0.29, 0.717) is 12.4 Å². The molecule has 0 radical (unpaired) electrons. The summed E-state index contributed by atoms with van der Waals surface area (Å²) in [6, 6.07) is 0. The predicted octanol–water partition coefficient (Wildman–Crippen LogP) is 0.230. The molecule has 0 unspecified atom stereocenters. The van der Waals surface area contributed by atoms with Gasteiger partial charge in [0.25, 0.3) is 5.91 Å². The van der Waals surface area contributed by atoms with Gasteiger partial charge < -0.3 is 11.1 Å². The lowest BCUT2D eigenvalue weighted by molar-refractivity contribution is 0.0995. The van der Waals surface area contributed by atoms with E-state index in [1.807, 2.05) is 14.0 Å². The molecule has 0 saturated heterocycles. The highest BCUT2D eigenvalue weighted by atomic mass is 16.1. The van der Waals surface area contributed by atoms with E-state index >= 15 is 0 Å². The normalized spacial score (nSPS) is 10.3. The zero-order valence-corrected chi connectivity index (χ0v) is 10.2. The second-order valence-electron chi connectivity index (χ2n) is 3.89. The van der Waals surface area contributed by atoms with Crippen molar-refractivity contribution in [3.63, 3.8) is 0 Å². The van der Waals surface area contributed by atoms with Gasteiger partial charge in [0.2, 0.25) is 0 Å². The zero-order chi connectivity index (χ0) is 13.1. The number of nitrogens with zero attached hydrogens (tertiary/aromatic N) is 4. The van der Waals surface area contributed by atoms with Crippen molar-refractivity contribution in [1.82, 2.24) is 19.7 Å². The van der Waals surface area contributed by atoms with Crippen LogP contribution in [0, 0.1) is 6.92 Å². The van der Waals surface area contributed by atoms with Gasteiger partial charge >= 0.3 is 0 Å². The number of primary amides is 1. The first-order valence-corrected chi connectivity index (χ1v) is 5.41. The largest absolute Gasteiger partial charge is 0.365 e. The number of carbonyl (C=O) groups excluding carboxylic acids is 1. The van der Waals surface area contributed by atoms with Crippen molar-refractivity contribution in [2.24, 2.45) is 12.8 Å². The average molecular weight is 246 g/mol. The molecule has 0 bridgehead atoms. The fraction of sp³-hybridized carbons (Fsp3) is 0.273. The van der Waals surface area contributed by atoms with Gasteiger partial charge in [0.15, 0.2) is 0 Å².